The van der Waals surface area contributed by atoms with Gasteiger partial charge in [-0.2, -0.15) is 0 Å². The highest BCUT2D eigenvalue weighted by Crippen LogP contribution is 2.29. The number of rotatable bonds is 8. The van der Waals surface area contributed by atoms with Crippen LogP contribution >= 0.6 is 15.9 Å². The van der Waals surface area contributed by atoms with E-state index in [2.05, 4.69) is 79.8 Å². The van der Waals surface area contributed by atoms with E-state index in [1.54, 1.807) is 0 Å². The molecule has 4 nitrogen and oxygen atoms in total. The van der Waals surface area contributed by atoms with Gasteiger partial charge in [-0.25, -0.2) is 9.13 Å². The first-order valence-corrected chi connectivity index (χ1v) is 11.8. The van der Waals surface area contributed by atoms with Gasteiger partial charge in [-0.1, -0.05) is 64.5 Å². The van der Waals surface area contributed by atoms with Gasteiger partial charge in [0.25, 0.3) is 0 Å². The number of aryl methyl sites for hydroxylation is 2. The lowest BCUT2D eigenvalue weighted by Crippen LogP contribution is -2.35. The second-order valence-electron chi connectivity index (χ2n) is 8.15. The molecule has 0 aliphatic heterocycles. The molecule has 0 amide bonds. The van der Waals surface area contributed by atoms with Gasteiger partial charge in [-0.3, -0.25) is 4.79 Å². The molecule has 0 N–H and O–H groups in total. The lowest BCUT2D eigenvalue weighted by molar-refractivity contribution is -0.682. The number of fused-ring (bicyclic) bond motifs is 3. The molecule has 0 radical (unpaired) electrons. The van der Waals surface area contributed by atoms with E-state index < -0.39 is 0 Å². The average Bonchev–Trinajstić information content (AvgIpc) is 3.39. The molecule has 2 aromatic heterocycles. The van der Waals surface area contributed by atoms with Crippen molar-refractivity contribution >= 4 is 43.5 Å². The minimum absolute atomic E-state index is 0.117. The normalized spacial score (nSPS) is 11.4. The van der Waals surface area contributed by atoms with Crippen LogP contribution < -0.4 is 4.57 Å². The maximum absolute atomic E-state index is 12.5. The van der Waals surface area contributed by atoms with Gasteiger partial charge in [0.1, 0.15) is 12.4 Å². The molecule has 32 heavy (non-hydrogen) atoms. The Morgan fingerprint density at radius 1 is 0.812 bits per heavy atom. The first-order chi connectivity index (χ1) is 15.7. The van der Waals surface area contributed by atoms with Crippen molar-refractivity contribution in [3.63, 3.8) is 0 Å². The molecule has 0 saturated heterocycles. The van der Waals surface area contributed by atoms with Crippen LogP contribution in [0, 0.1) is 0 Å². The number of ketones is 1. The number of aromatic nitrogens is 3. The van der Waals surface area contributed by atoms with Crippen LogP contribution in [-0.4, -0.2) is 14.9 Å². The summed E-state index contributed by atoms with van der Waals surface area (Å²) in [6, 6.07) is 24.8. The average molecular weight is 487 g/mol. The van der Waals surface area contributed by atoms with Crippen LogP contribution in [0.5, 0.6) is 0 Å². The maximum atomic E-state index is 12.5. The Bertz CT molecular complexity index is 1330. The molecule has 5 aromatic rings. The summed E-state index contributed by atoms with van der Waals surface area (Å²) in [6.07, 6.45) is 8.23. The van der Waals surface area contributed by atoms with Gasteiger partial charge in [-0.15, -0.1) is 0 Å². The molecule has 0 bridgehead atoms. The summed E-state index contributed by atoms with van der Waals surface area (Å²) < 4.78 is 7.55. The predicted octanol–water partition coefficient (Wildman–Crippen LogP) is 6.01. The number of hydrogen-bond donors (Lipinski definition) is 0. The molecule has 5 heteroatoms. The highest BCUT2D eigenvalue weighted by atomic mass is 79.9. The van der Waals surface area contributed by atoms with E-state index in [0.717, 1.165) is 36.0 Å². The number of imidazole rings is 1. The molecule has 2 heterocycles. The molecule has 0 unspecified atom stereocenters. The van der Waals surface area contributed by atoms with Gasteiger partial charge in [0, 0.05) is 38.4 Å². The minimum atomic E-state index is 0.117. The highest BCUT2D eigenvalue weighted by Gasteiger charge is 2.12. The highest BCUT2D eigenvalue weighted by molar-refractivity contribution is 9.10. The molecule has 0 aliphatic rings. The molecule has 5 rings (SSSR count). The fourth-order valence-electron chi connectivity index (χ4n) is 4.37. The summed E-state index contributed by atoms with van der Waals surface area (Å²) in [5, 5.41) is 2.65. The van der Waals surface area contributed by atoms with Crippen molar-refractivity contribution in [2.45, 2.75) is 32.5 Å². The molecule has 0 aliphatic carbocycles. The third-order valence-corrected chi connectivity index (χ3v) is 6.50. The summed E-state index contributed by atoms with van der Waals surface area (Å²) in [7, 11) is 0. The van der Waals surface area contributed by atoms with Crippen LogP contribution in [0.15, 0.2) is 96.0 Å². The minimum Gasteiger partial charge on any atom is -0.340 e. The number of hydrogen-bond acceptors (Lipinski definition) is 1. The van der Waals surface area contributed by atoms with E-state index in [-0.39, 0.29) is 5.78 Å². The third-order valence-electron chi connectivity index (χ3n) is 5.97. The van der Waals surface area contributed by atoms with Crippen LogP contribution in [0.25, 0.3) is 21.8 Å². The molecule has 3 aromatic carbocycles. The molecule has 0 saturated carbocycles. The third kappa shape index (κ3) is 4.26. The monoisotopic (exact) mass is 486 g/mol. The van der Waals surface area contributed by atoms with E-state index in [4.69, 9.17) is 0 Å². The fraction of sp³-hybridized carbons (Fsp3) is 0.185. The number of Topliss-reactive ketones (excluding diaryl/α,β-unsaturated/α-hetero) is 1. The smallest absolute Gasteiger partial charge is 0.244 e. The van der Waals surface area contributed by atoms with Crippen LogP contribution in [0.1, 0.15) is 23.2 Å². The molecule has 0 fully saturated rings. The van der Waals surface area contributed by atoms with E-state index in [1.165, 1.54) is 21.8 Å². The first kappa shape index (κ1) is 20.7. The molecule has 0 atom stereocenters. The Morgan fingerprint density at radius 3 is 2.12 bits per heavy atom. The lowest BCUT2D eigenvalue weighted by atomic mass is 10.1. The fourth-order valence-corrected chi connectivity index (χ4v) is 4.63. The summed E-state index contributed by atoms with van der Waals surface area (Å²) >= 11 is 3.41. The van der Waals surface area contributed by atoms with E-state index in [9.17, 15) is 4.79 Å². The van der Waals surface area contributed by atoms with Crippen LogP contribution in [0.4, 0.5) is 0 Å². The molecule has 0 spiro atoms. The molecular weight excluding hydrogens is 462 g/mol. The summed E-state index contributed by atoms with van der Waals surface area (Å²) in [5.74, 6) is 0.117. The Morgan fingerprint density at radius 2 is 1.44 bits per heavy atom. The maximum Gasteiger partial charge on any atom is 0.244 e. The predicted molar refractivity (Wildman–Crippen MR) is 132 cm³/mol. The molecule has 160 valence electrons. The summed E-state index contributed by atoms with van der Waals surface area (Å²) in [4.78, 5) is 12.5. The van der Waals surface area contributed by atoms with E-state index in [1.807, 2.05) is 41.4 Å². The van der Waals surface area contributed by atoms with E-state index in [0.29, 0.717) is 6.54 Å². The van der Waals surface area contributed by atoms with Crippen LogP contribution in [0.3, 0.4) is 0 Å². The van der Waals surface area contributed by atoms with Crippen molar-refractivity contribution in [1.82, 2.24) is 9.13 Å². The van der Waals surface area contributed by atoms with Crippen molar-refractivity contribution in [2.75, 3.05) is 0 Å². The number of para-hydroxylation sites is 2. The number of carbonyl (C=O) groups is 1. The first-order valence-electron chi connectivity index (χ1n) is 11.0. The van der Waals surface area contributed by atoms with Gasteiger partial charge >= 0.3 is 0 Å². The second-order valence-corrected chi connectivity index (χ2v) is 9.06. The second kappa shape index (κ2) is 9.13. The Labute approximate surface area is 195 Å². The number of halogens is 1. The number of benzene rings is 3. The number of nitrogens with zero attached hydrogens (tertiary/aromatic N) is 3. The van der Waals surface area contributed by atoms with Gasteiger partial charge < -0.3 is 4.57 Å². The van der Waals surface area contributed by atoms with Crippen molar-refractivity contribution in [3.05, 3.63) is 102 Å². The van der Waals surface area contributed by atoms with Crippen LogP contribution in [0.2, 0.25) is 0 Å². The van der Waals surface area contributed by atoms with Crippen molar-refractivity contribution in [2.24, 2.45) is 0 Å². The SMILES string of the molecule is O=C(C[n+]1ccn(CCCCn2c3ccccc3c3ccccc32)c1)c1ccc(Br)cc1. The zero-order valence-corrected chi connectivity index (χ0v) is 19.4. The zero-order chi connectivity index (χ0) is 21.9. The largest absolute Gasteiger partial charge is 0.340 e. The van der Waals surface area contributed by atoms with Gasteiger partial charge in [0.15, 0.2) is 6.54 Å². The lowest BCUT2D eigenvalue weighted by Gasteiger charge is -2.07. The molecular formula is C27H25BrN3O+. The van der Waals surface area contributed by atoms with Gasteiger partial charge in [-0.05, 0) is 37.1 Å². The number of unbranched alkanes of at least 4 members (excludes halogenated alkanes) is 1. The quantitative estimate of drug-likeness (QED) is 0.150. The van der Waals surface area contributed by atoms with Crippen molar-refractivity contribution < 1.29 is 9.36 Å². The van der Waals surface area contributed by atoms with Gasteiger partial charge in [0.05, 0.1) is 6.54 Å². The Kier molecular flexibility index (Phi) is 5.91. The van der Waals surface area contributed by atoms with Crippen molar-refractivity contribution in [3.8, 4) is 0 Å². The zero-order valence-electron chi connectivity index (χ0n) is 17.8. The topological polar surface area (TPSA) is 30.8 Å². The van der Waals surface area contributed by atoms with E-state index >= 15 is 0 Å². The van der Waals surface area contributed by atoms with Crippen molar-refractivity contribution in [1.29, 1.82) is 0 Å². The summed E-state index contributed by atoms with van der Waals surface area (Å²) in [5.41, 5.74) is 3.34. The number of carbonyl (C=O) groups excluding carboxylic acids is 1. The van der Waals surface area contributed by atoms with Crippen LogP contribution in [-0.2, 0) is 19.6 Å². The summed E-state index contributed by atoms with van der Waals surface area (Å²) in [6.45, 7) is 2.30. The Balaban J connectivity index is 1.19. The standard InChI is InChI=1S/C27H25BrN3O/c28-22-13-11-21(12-14-22)27(32)19-30-18-17-29(20-30)15-5-6-16-31-25-9-3-1-7-23(25)24-8-2-4-10-26(24)31/h1-4,7-14,17-18,20H,5-6,15-16,19H2/q+1. The van der Waals surface area contributed by atoms with Gasteiger partial charge in [0.2, 0.25) is 12.1 Å². The Hall–Kier alpha value is -3.18.